The van der Waals surface area contributed by atoms with Gasteiger partial charge in [-0.05, 0) is 151 Å². The van der Waals surface area contributed by atoms with Gasteiger partial charge >= 0.3 is 0 Å². The summed E-state index contributed by atoms with van der Waals surface area (Å²) in [6.45, 7) is 40.2. The summed E-state index contributed by atoms with van der Waals surface area (Å²) >= 11 is 57.3. The molecule has 0 spiro atoms. The highest BCUT2D eigenvalue weighted by Crippen LogP contribution is 2.51. The lowest BCUT2D eigenvalue weighted by Gasteiger charge is -2.45. The molecule has 3 aromatic carbocycles. The number of fused-ring (bicyclic) bond motifs is 3. The van der Waals surface area contributed by atoms with Crippen LogP contribution >= 0.6 is 104 Å². The number of carbonyl (C=O) groups is 3. The zero-order valence-corrected chi connectivity index (χ0v) is 85.2. The average Bonchev–Trinajstić information content (AvgIpc) is 0.725. The fraction of sp³-hybridized carbons (Fsp3) is 0.303. The first kappa shape index (κ1) is 106. The largest absolute Gasteiger partial charge is 0.395 e. The van der Waals surface area contributed by atoms with Crippen molar-refractivity contribution in [3.05, 3.63) is 255 Å². The molecule has 6 atom stereocenters. The summed E-state index contributed by atoms with van der Waals surface area (Å²) in [7, 11) is 0. The summed E-state index contributed by atoms with van der Waals surface area (Å²) in [5.41, 5.74) is 16.3. The molecule has 3 fully saturated rings. The fourth-order valence-electron chi connectivity index (χ4n) is 18.8. The van der Waals surface area contributed by atoms with Crippen molar-refractivity contribution >= 4 is 189 Å². The molecule has 3 aliphatic heterocycles. The highest BCUT2D eigenvalue weighted by atomic mass is 35.5. The van der Waals surface area contributed by atoms with Gasteiger partial charge in [0.25, 0.3) is 16.7 Å². The molecular weight excluding hydrogens is 2010 g/mol. The van der Waals surface area contributed by atoms with Gasteiger partial charge in [0, 0.05) is 110 Å². The van der Waals surface area contributed by atoms with Crippen LogP contribution in [0.5, 0.6) is 0 Å². The van der Waals surface area contributed by atoms with Crippen molar-refractivity contribution in [2.45, 2.75) is 158 Å². The van der Waals surface area contributed by atoms with E-state index in [1.54, 1.807) is 72.3 Å². The third kappa shape index (κ3) is 18.4. The number of benzene rings is 3. The Labute approximate surface area is 850 Å². The smallest absolute Gasteiger partial charge is 0.276 e. The Morgan fingerprint density at radius 2 is 0.596 bits per heavy atom. The van der Waals surface area contributed by atoms with Gasteiger partial charge in [-0.15, -0.1) is 0 Å². The Balaban J connectivity index is 0.000000178. The number of rotatable bonds is 15. The highest BCUT2D eigenvalue weighted by Gasteiger charge is 2.42. The van der Waals surface area contributed by atoms with Gasteiger partial charge in [0.2, 0.25) is 17.7 Å². The molecule has 12 heterocycles. The number of piperazine rings is 3. The third-order valence-electron chi connectivity index (χ3n) is 24.9. The van der Waals surface area contributed by atoms with Gasteiger partial charge in [-0.25, -0.2) is 41.3 Å². The minimum atomic E-state index is -1.24. The van der Waals surface area contributed by atoms with Crippen molar-refractivity contribution < 1.29 is 40.7 Å². The Kier molecular flexibility index (Phi) is 31.0. The molecule has 732 valence electrons. The number of amides is 3. The second-order valence-electron chi connectivity index (χ2n) is 35.3. The normalized spacial score (nSPS) is 16.6. The van der Waals surface area contributed by atoms with Crippen LogP contribution < -0.4 is 48.6 Å². The highest BCUT2D eigenvalue weighted by molar-refractivity contribution is 6.42. The monoisotopic (exact) mass is 2100 g/mol. The van der Waals surface area contributed by atoms with Crippen LogP contribution in [0.1, 0.15) is 151 Å². The SMILES string of the molecule is C=CC(=O)N1[C@H](C)CN(c2c(C#N)c(=O)n(-c3c(C)ccnc3C(C)C)c3nc(-c4c(F)c(Cl)c(F)c(N)c4Cl)c(Cl)cc23)C[C@@H]1C.C=CC(=O)N1[C@H](C)CN(c2c(C#N)c(=O)n(-c3c(C)ccnc3C(C)C)c3nc(-c4c(F)c(Cl)c(F)c(N)c4Cl)c(Cl)cc23)C[C@@H]1C.C=CC(=O)N1[C@H](C)CN(c2c(C#N)c(=O)n(-c3c(C)ccnc3C(C)C)c3nc(-c4c(F)c(Cl)c(F)c(N)c4Cl)c(Cl)cc23)C[C@@H]1C. The molecule has 3 saturated heterocycles. The van der Waals surface area contributed by atoms with Gasteiger partial charge in [0.1, 0.15) is 66.9 Å². The molecule has 0 radical (unpaired) electrons. The number of halogens is 15. The number of pyridine rings is 9. The molecule has 9 aromatic heterocycles. The number of nitriles is 3. The molecule has 0 unspecified atom stereocenters. The molecule has 141 heavy (non-hydrogen) atoms. The van der Waals surface area contributed by atoms with Gasteiger partial charge < -0.3 is 46.6 Å². The number of nitrogens with zero attached hydrogens (tertiary/aromatic N) is 18. The second kappa shape index (κ2) is 41.5. The molecule has 0 aliphatic carbocycles. The van der Waals surface area contributed by atoms with Gasteiger partial charge in [-0.1, -0.05) is 166 Å². The quantitative estimate of drug-likeness (QED) is 0.0282. The van der Waals surface area contributed by atoms with Crippen LogP contribution in [0.15, 0.2) is 107 Å². The van der Waals surface area contributed by atoms with Gasteiger partial charge in [-0.3, -0.25) is 57.4 Å². The van der Waals surface area contributed by atoms with Crippen molar-refractivity contribution in [2.24, 2.45) is 0 Å². The van der Waals surface area contributed by atoms with Crippen LogP contribution in [0.3, 0.4) is 0 Å². The molecule has 0 bridgehead atoms. The van der Waals surface area contributed by atoms with E-state index in [1.165, 1.54) is 50.1 Å². The summed E-state index contributed by atoms with van der Waals surface area (Å²) < 4.78 is 94.4. The number of hydrogen-bond acceptors (Lipinski definition) is 21. The van der Waals surface area contributed by atoms with Crippen LogP contribution in [-0.4, -0.2) is 152 Å². The van der Waals surface area contributed by atoms with E-state index in [9.17, 15) is 57.7 Å². The second-order valence-corrected chi connectivity index (χ2v) is 38.8. The lowest BCUT2D eigenvalue weighted by Crippen LogP contribution is -2.58. The van der Waals surface area contributed by atoms with E-state index in [2.05, 4.69) is 52.9 Å². The number of nitrogen functional groups attached to an aromatic ring is 3. The maximum absolute atomic E-state index is 15.6. The predicted octanol–water partition coefficient (Wildman–Crippen LogP) is 21.6. The maximum Gasteiger partial charge on any atom is 0.276 e. The van der Waals surface area contributed by atoms with E-state index in [1.807, 2.05) is 97.8 Å². The maximum atomic E-state index is 15.6. The van der Waals surface area contributed by atoms with Crippen molar-refractivity contribution in [3.63, 3.8) is 0 Å². The number of hydrogen-bond donors (Lipinski definition) is 3. The van der Waals surface area contributed by atoms with E-state index in [0.29, 0.717) is 50.8 Å². The Hall–Kier alpha value is -12.7. The first-order valence-corrected chi connectivity index (χ1v) is 47.3. The molecule has 12 aromatic rings. The van der Waals surface area contributed by atoms with Crippen molar-refractivity contribution in [2.75, 3.05) is 71.2 Å². The van der Waals surface area contributed by atoms with Crippen molar-refractivity contribution in [1.29, 1.82) is 15.8 Å². The van der Waals surface area contributed by atoms with Crippen LogP contribution in [0.2, 0.25) is 45.2 Å². The Morgan fingerprint density at radius 1 is 0.383 bits per heavy atom. The van der Waals surface area contributed by atoms with E-state index < -0.39 is 115 Å². The van der Waals surface area contributed by atoms with Crippen molar-refractivity contribution in [3.8, 4) is 69.0 Å². The van der Waals surface area contributed by atoms with Crippen LogP contribution in [0, 0.1) is 89.7 Å². The third-order valence-corrected chi connectivity index (χ3v) is 28.0. The molecule has 3 aliphatic rings. The molecule has 15 rings (SSSR count). The first-order valence-electron chi connectivity index (χ1n) is 43.9. The summed E-state index contributed by atoms with van der Waals surface area (Å²) in [6.07, 6.45) is 8.57. The summed E-state index contributed by atoms with van der Waals surface area (Å²) in [5.74, 6) is -8.68. The standard InChI is InChI=1S/3C33H30Cl3F2N7O2/c3*1-7-21(46)44-16(5)12-43(13-17(44)6)31-18-10-20(34)29(22-23(35)27(40)26(38)24(36)25(22)37)42-32(18)45(33(47)19(31)11-39)30-15(4)8-9-41-28(30)14(2)3/h3*7-10,14,16-17H,1,12-13,40H2,2-6H3/t3*16-,17+. The Morgan fingerprint density at radius 3 is 0.787 bits per heavy atom. The number of aryl methyl sites for hydroxylation is 3. The molecule has 6 N–H and O–H groups in total. The minimum absolute atomic E-state index is 0.000731. The topological polar surface area (TPSA) is 363 Å². The zero-order valence-electron chi connectivity index (χ0n) is 78.4. The van der Waals surface area contributed by atoms with E-state index >= 15 is 13.2 Å². The molecular formula is C99H90Cl9F6N21O6. The Bertz CT molecular complexity index is 6860. The van der Waals surface area contributed by atoms with Crippen LogP contribution in [0.25, 0.3) is 83.9 Å². The number of aromatic nitrogens is 9. The predicted molar refractivity (Wildman–Crippen MR) is 545 cm³/mol. The van der Waals surface area contributed by atoms with Gasteiger partial charge in [-0.2, -0.15) is 15.8 Å². The number of carbonyl (C=O) groups excluding carboxylic acids is 3. The fourth-order valence-corrected chi connectivity index (χ4v) is 20.9. The van der Waals surface area contributed by atoms with E-state index in [-0.39, 0.29) is 210 Å². The molecule has 3 amide bonds. The van der Waals surface area contributed by atoms with Crippen molar-refractivity contribution in [1.82, 2.24) is 58.3 Å². The van der Waals surface area contributed by atoms with Gasteiger partial charge in [0.15, 0.2) is 34.9 Å². The lowest BCUT2D eigenvalue weighted by atomic mass is 10.0. The number of anilines is 6. The van der Waals surface area contributed by atoms with E-state index in [0.717, 1.165) is 0 Å². The molecule has 0 saturated carbocycles. The molecule has 42 heteroatoms. The number of nitrogens with two attached hydrogens (primary N) is 3. The van der Waals surface area contributed by atoms with Crippen LogP contribution in [0.4, 0.5) is 60.5 Å². The average molecular weight is 2100 g/mol. The van der Waals surface area contributed by atoms with E-state index in [4.69, 9.17) is 137 Å². The van der Waals surface area contributed by atoms with Gasteiger partial charge in [0.05, 0.1) is 132 Å². The molecule has 27 nitrogen and oxygen atoms in total. The van der Waals surface area contributed by atoms with Crippen LogP contribution in [-0.2, 0) is 14.4 Å². The zero-order chi connectivity index (χ0) is 104. The summed E-state index contributed by atoms with van der Waals surface area (Å²) in [6, 6.07) is 13.8. The lowest BCUT2D eigenvalue weighted by molar-refractivity contribution is -0.131. The minimum Gasteiger partial charge on any atom is -0.395 e. The summed E-state index contributed by atoms with van der Waals surface area (Å²) in [4.78, 5) is 120. The first-order chi connectivity index (χ1) is 66.5. The summed E-state index contributed by atoms with van der Waals surface area (Å²) in [5, 5.41) is 27.8.